The molecule has 1 aliphatic rings. The number of methoxy groups -OCH3 is 1. The molecule has 2 unspecified atom stereocenters. The highest BCUT2D eigenvalue weighted by atomic mass is 31.2. The molecule has 1 rings (SSSR count). The van der Waals surface area contributed by atoms with E-state index in [1.807, 2.05) is 0 Å². The predicted octanol–water partition coefficient (Wildman–Crippen LogP) is -1.34. The number of hydrogen-bond acceptors (Lipinski definition) is 4. The third-order valence-corrected chi connectivity index (χ3v) is 2.93. The Labute approximate surface area is 89.9 Å². The van der Waals surface area contributed by atoms with Gasteiger partial charge in [0.15, 0.2) is 0 Å². The fourth-order valence-electron chi connectivity index (χ4n) is 1.53. The zero-order valence-electron chi connectivity index (χ0n) is 8.66. The van der Waals surface area contributed by atoms with Gasteiger partial charge in [-0.3, -0.25) is 4.57 Å². The van der Waals surface area contributed by atoms with Gasteiger partial charge in [-0.25, -0.2) is 5.09 Å². The van der Waals surface area contributed by atoms with Gasteiger partial charge in [0.2, 0.25) is 0 Å². The summed E-state index contributed by atoms with van der Waals surface area (Å²) in [7, 11) is 3.50. The molecule has 5 atom stereocenters. The van der Waals surface area contributed by atoms with E-state index < -0.39 is 31.8 Å². The van der Waals surface area contributed by atoms with Crippen molar-refractivity contribution in [1.29, 1.82) is 0 Å². The summed E-state index contributed by atoms with van der Waals surface area (Å²) in [5.41, 5.74) is 0. The zero-order chi connectivity index (χ0) is 11.6. The Balaban J connectivity index is 2.68. The zero-order valence-corrected chi connectivity index (χ0v) is 9.55. The molecule has 86 valence electrons. The molecule has 1 heterocycles. The highest BCUT2D eigenvalue weighted by Gasteiger charge is 2.42. The Bertz CT molecular complexity index is 260. The molecule has 3 N–H and O–H groups in total. The summed E-state index contributed by atoms with van der Waals surface area (Å²) in [6, 6.07) is -1.56. The van der Waals surface area contributed by atoms with E-state index in [2.05, 4.69) is 5.09 Å². The molecule has 0 aliphatic carbocycles. The highest BCUT2D eigenvalue weighted by Crippen LogP contribution is 2.34. The molecule has 1 fully saturated rings. The molecule has 0 aromatic rings. The number of aliphatic hydroxyl groups is 1. The summed E-state index contributed by atoms with van der Waals surface area (Å²) < 4.78 is 21.2. The van der Waals surface area contributed by atoms with Crippen molar-refractivity contribution in [2.24, 2.45) is 0 Å². The second-order valence-corrected chi connectivity index (χ2v) is 5.64. The van der Waals surface area contributed by atoms with Gasteiger partial charge < -0.3 is 19.5 Å². The van der Waals surface area contributed by atoms with Crippen LogP contribution in [0.3, 0.4) is 0 Å². The first kappa shape index (κ1) is 13.2. The number of aliphatic hydroxyl groups excluding tert-OH is 1. The summed E-state index contributed by atoms with van der Waals surface area (Å²) in [4.78, 5) is 9.16. The van der Waals surface area contributed by atoms with Gasteiger partial charge in [0.1, 0.15) is 7.85 Å². The molecule has 0 amide bonds. The van der Waals surface area contributed by atoms with E-state index in [1.54, 1.807) is 0 Å². The van der Waals surface area contributed by atoms with Crippen LogP contribution in [0, 0.1) is 0 Å². The third kappa shape index (κ3) is 3.55. The summed E-state index contributed by atoms with van der Waals surface area (Å²) >= 11 is 0. The van der Waals surface area contributed by atoms with Crippen LogP contribution in [0.2, 0.25) is 0 Å². The Hall–Kier alpha value is 0.0949. The Morgan fingerprint density at radius 2 is 2.27 bits per heavy atom. The SMILES string of the molecule is [B][C@@H]1O[C@H](COC)C(NP(C)(=O)O)[C@@H]1O. The topological polar surface area (TPSA) is 88.0 Å². The lowest BCUT2D eigenvalue weighted by atomic mass is 9.92. The lowest BCUT2D eigenvalue weighted by molar-refractivity contribution is 0.0135. The molecular formula is C7H15BNO5P. The monoisotopic (exact) mass is 235 g/mol. The Morgan fingerprint density at radius 3 is 2.73 bits per heavy atom. The van der Waals surface area contributed by atoms with E-state index in [4.69, 9.17) is 22.2 Å². The van der Waals surface area contributed by atoms with E-state index in [0.29, 0.717) is 0 Å². The van der Waals surface area contributed by atoms with Gasteiger partial charge in [0.25, 0.3) is 7.52 Å². The highest BCUT2D eigenvalue weighted by molar-refractivity contribution is 7.55. The van der Waals surface area contributed by atoms with Crippen LogP contribution in [0.4, 0.5) is 0 Å². The van der Waals surface area contributed by atoms with Crippen LogP contribution in [0.25, 0.3) is 0 Å². The first-order valence-electron chi connectivity index (χ1n) is 4.51. The molecule has 15 heavy (non-hydrogen) atoms. The van der Waals surface area contributed by atoms with Crippen LogP contribution >= 0.6 is 7.52 Å². The van der Waals surface area contributed by atoms with Gasteiger partial charge in [-0.2, -0.15) is 0 Å². The maximum Gasteiger partial charge on any atom is 0.264 e. The van der Waals surface area contributed by atoms with E-state index in [1.165, 1.54) is 7.11 Å². The lowest BCUT2D eigenvalue weighted by Gasteiger charge is -2.22. The molecule has 2 radical (unpaired) electrons. The van der Waals surface area contributed by atoms with Crippen LogP contribution in [0.15, 0.2) is 0 Å². The average Bonchev–Trinajstić information content (AvgIpc) is 2.32. The third-order valence-electron chi connectivity index (χ3n) is 2.16. The van der Waals surface area contributed by atoms with Crippen LogP contribution < -0.4 is 5.09 Å². The Morgan fingerprint density at radius 1 is 1.67 bits per heavy atom. The minimum atomic E-state index is -3.44. The van der Waals surface area contributed by atoms with E-state index in [9.17, 15) is 9.67 Å². The van der Waals surface area contributed by atoms with Gasteiger partial charge >= 0.3 is 0 Å². The molecule has 6 nitrogen and oxygen atoms in total. The second-order valence-electron chi connectivity index (χ2n) is 3.62. The smallest absolute Gasteiger partial charge is 0.264 e. The number of ether oxygens (including phenoxy) is 2. The molecule has 1 aliphatic heterocycles. The fraction of sp³-hybridized carbons (Fsp3) is 1.00. The van der Waals surface area contributed by atoms with Gasteiger partial charge in [0, 0.05) is 19.8 Å². The van der Waals surface area contributed by atoms with Crippen LogP contribution in [-0.4, -0.2) is 62.5 Å². The second kappa shape index (κ2) is 4.95. The van der Waals surface area contributed by atoms with Crippen molar-refractivity contribution in [3.63, 3.8) is 0 Å². The molecule has 0 saturated carbocycles. The van der Waals surface area contributed by atoms with E-state index in [0.717, 1.165) is 6.66 Å². The van der Waals surface area contributed by atoms with Crippen molar-refractivity contribution in [2.75, 3.05) is 20.4 Å². The normalized spacial score (nSPS) is 40.3. The Kier molecular flexibility index (Phi) is 4.34. The van der Waals surface area contributed by atoms with E-state index >= 15 is 0 Å². The van der Waals surface area contributed by atoms with Crippen LogP contribution in [0.5, 0.6) is 0 Å². The van der Waals surface area contributed by atoms with Crippen molar-refractivity contribution in [3.05, 3.63) is 0 Å². The van der Waals surface area contributed by atoms with E-state index in [-0.39, 0.29) is 6.61 Å². The minimum Gasteiger partial charge on any atom is -0.390 e. The molecule has 0 bridgehead atoms. The molecule has 0 spiro atoms. The fourth-order valence-corrected chi connectivity index (χ4v) is 2.41. The standard InChI is InChI=1S/C7H15BNO5P/c1-13-3-4-5(9-15(2,11)12)6(10)7(8)14-4/h4-7,10H,3H2,1-2H3,(H2,9,11,12)/t4-,5?,6+,7-/m1/s1. The van der Waals surface area contributed by atoms with Gasteiger partial charge in [0.05, 0.1) is 24.9 Å². The van der Waals surface area contributed by atoms with Crippen molar-refractivity contribution in [2.45, 2.75) is 24.3 Å². The van der Waals surface area contributed by atoms with Crippen LogP contribution in [0.1, 0.15) is 0 Å². The van der Waals surface area contributed by atoms with Gasteiger partial charge in [-0.15, -0.1) is 0 Å². The number of rotatable bonds is 4. The summed E-state index contributed by atoms with van der Waals surface area (Å²) in [5, 5.41) is 12.0. The molecule has 8 heteroatoms. The molecule has 0 aromatic carbocycles. The first-order chi connectivity index (χ1) is 6.85. The van der Waals surface area contributed by atoms with Gasteiger partial charge in [-0.1, -0.05) is 0 Å². The molecule has 0 aromatic heterocycles. The maximum absolute atomic E-state index is 11.2. The minimum absolute atomic E-state index is 0.197. The van der Waals surface area contributed by atoms with Crippen molar-refractivity contribution in [3.8, 4) is 0 Å². The lowest BCUT2D eigenvalue weighted by Crippen LogP contribution is -2.44. The average molecular weight is 235 g/mol. The summed E-state index contributed by atoms with van der Waals surface area (Å²) in [5.74, 6) is 0. The molecular weight excluding hydrogens is 220 g/mol. The largest absolute Gasteiger partial charge is 0.390 e. The van der Waals surface area contributed by atoms with Gasteiger partial charge in [-0.05, 0) is 0 Å². The van der Waals surface area contributed by atoms with Crippen molar-refractivity contribution in [1.82, 2.24) is 5.09 Å². The number of hydrogen-bond donors (Lipinski definition) is 3. The molecule has 1 saturated heterocycles. The number of nitrogens with one attached hydrogen (secondary N) is 1. The van der Waals surface area contributed by atoms with Crippen molar-refractivity contribution >= 4 is 15.4 Å². The maximum atomic E-state index is 11.2. The first-order valence-corrected chi connectivity index (χ1v) is 6.62. The van der Waals surface area contributed by atoms with Crippen molar-refractivity contribution < 1.29 is 24.0 Å². The summed E-state index contributed by atoms with van der Waals surface area (Å²) in [6.07, 6.45) is -1.55. The predicted molar refractivity (Wildman–Crippen MR) is 55.0 cm³/mol. The quantitative estimate of drug-likeness (QED) is 0.413. The van der Waals surface area contributed by atoms with Crippen LogP contribution in [-0.2, 0) is 14.0 Å². The summed E-state index contributed by atoms with van der Waals surface area (Å²) in [6.45, 7) is 1.34.